The van der Waals surface area contributed by atoms with Crippen molar-refractivity contribution < 1.29 is 4.39 Å². The van der Waals surface area contributed by atoms with Crippen molar-refractivity contribution in [3.8, 4) is 0 Å². The lowest BCUT2D eigenvalue weighted by Crippen LogP contribution is -2.25. The minimum atomic E-state index is -0.291. The summed E-state index contributed by atoms with van der Waals surface area (Å²) < 4.78 is 13.8. The smallest absolute Gasteiger partial charge is 0.146 e. The Morgan fingerprint density at radius 1 is 1.26 bits per heavy atom. The summed E-state index contributed by atoms with van der Waals surface area (Å²) in [5.41, 5.74) is 1.42. The number of benzene rings is 1. The maximum absolute atomic E-state index is 13.8. The summed E-state index contributed by atoms with van der Waals surface area (Å²) >= 11 is 6.15. The van der Waals surface area contributed by atoms with Crippen LogP contribution in [-0.2, 0) is 6.42 Å². The van der Waals surface area contributed by atoms with Crippen molar-refractivity contribution in [3.63, 3.8) is 0 Å². The van der Waals surface area contributed by atoms with Gasteiger partial charge in [-0.25, -0.2) is 4.39 Å². The zero-order valence-corrected chi connectivity index (χ0v) is 11.5. The largest absolute Gasteiger partial charge is 0.309 e. The van der Waals surface area contributed by atoms with Crippen LogP contribution in [0.5, 0.6) is 0 Å². The van der Waals surface area contributed by atoms with E-state index in [-0.39, 0.29) is 11.9 Å². The quantitative estimate of drug-likeness (QED) is 0.901. The maximum atomic E-state index is 13.8. The predicted octanol–water partition coefficient (Wildman–Crippen LogP) is 3.77. The zero-order valence-electron chi connectivity index (χ0n) is 10.7. The number of aromatic nitrogens is 1. The first kappa shape index (κ1) is 14.0. The molecule has 2 aromatic rings. The first-order valence-corrected chi connectivity index (χ1v) is 6.67. The molecule has 0 spiro atoms. The van der Waals surface area contributed by atoms with Crippen molar-refractivity contribution in [2.24, 2.45) is 0 Å². The average molecular weight is 279 g/mol. The van der Waals surface area contributed by atoms with E-state index in [0.717, 1.165) is 12.1 Å². The highest BCUT2D eigenvalue weighted by Gasteiger charge is 2.17. The molecule has 100 valence electrons. The molecule has 1 aromatic heterocycles. The fourth-order valence-corrected chi connectivity index (χ4v) is 2.26. The number of likely N-dealkylation sites (N-methyl/N-ethyl adjacent to an activating group) is 1. The molecule has 0 aliphatic carbocycles. The van der Waals surface area contributed by atoms with Gasteiger partial charge in [-0.3, -0.25) is 4.98 Å². The Hall–Kier alpha value is -1.45. The van der Waals surface area contributed by atoms with Crippen LogP contribution in [0.2, 0.25) is 5.02 Å². The third kappa shape index (κ3) is 3.52. The van der Waals surface area contributed by atoms with E-state index >= 15 is 0 Å². The van der Waals surface area contributed by atoms with Gasteiger partial charge in [-0.05, 0) is 36.7 Å². The SMILES string of the molecule is CCNC(Cc1ccccc1Cl)c1ncccc1F. The van der Waals surface area contributed by atoms with Gasteiger partial charge in [0.25, 0.3) is 0 Å². The normalized spacial score (nSPS) is 12.4. The minimum Gasteiger partial charge on any atom is -0.309 e. The first-order valence-electron chi connectivity index (χ1n) is 6.29. The molecule has 19 heavy (non-hydrogen) atoms. The molecule has 4 heteroatoms. The Morgan fingerprint density at radius 2 is 2.05 bits per heavy atom. The monoisotopic (exact) mass is 278 g/mol. The van der Waals surface area contributed by atoms with Crippen LogP contribution in [0.4, 0.5) is 4.39 Å². The number of hydrogen-bond donors (Lipinski definition) is 1. The zero-order chi connectivity index (χ0) is 13.7. The van der Waals surface area contributed by atoms with Gasteiger partial charge in [0.1, 0.15) is 5.82 Å². The van der Waals surface area contributed by atoms with E-state index in [2.05, 4.69) is 10.3 Å². The van der Waals surface area contributed by atoms with Crippen LogP contribution in [0, 0.1) is 5.82 Å². The van der Waals surface area contributed by atoms with Crippen LogP contribution in [0.3, 0.4) is 0 Å². The molecular weight excluding hydrogens is 263 g/mol. The van der Waals surface area contributed by atoms with Crippen molar-refractivity contribution in [2.75, 3.05) is 6.54 Å². The molecule has 1 heterocycles. The number of pyridine rings is 1. The lowest BCUT2D eigenvalue weighted by atomic mass is 10.0. The fourth-order valence-electron chi connectivity index (χ4n) is 2.05. The molecule has 0 amide bonds. The van der Waals surface area contributed by atoms with Gasteiger partial charge in [0.05, 0.1) is 11.7 Å². The summed E-state index contributed by atoms with van der Waals surface area (Å²) in [7, 11) is 0. The topological polar surface area (TPSA) is 24.9 Å². The van der Waals surface area contributed by atoms with Crippen LogP contribution in [0.1, 0.15) is 24.2 Å². The van der Waals surface area contributed by atoms with Crippen molar-refractivity contribution in [3.05, 3.63) is 64.7 Å². The second-order valence-electron chi connectivity index (χ2n) is 4.28. The molecule has 0 aliphatic rings. The molecule has 0 saturated carbocycles. The highest BCUT2D eigenvalue weighted by Crippen LogP contribution is 2.23. The molecule has 0 bridgehead atoms. The lowest BCUT2D eigenvalue weighted by Gasteiger charge is -2.18. The van der Waals surface area contributed by atoms with Gasteiger partial charge in [0.15, 0.2) is 0 Å². The molecular formula is C15H16ClFN2. The molecule has 0 fully saturated rings. The van der Waals surface area contributed by atoms with Crippen LogP contribution < -0.4 is 5.32 Å². The Balaban J connectivity index is 2.27. The Kier molecular flexibility index (Phi) is 4.88. The molecule has 0 saturated heterocycles. The summed E-state index contributed by atoms with van der Waals surface area (Å²) in [4.78, 5) is 4.14. The van der Waals surface area contributed by atoms with Crippen LogP contribution in [-0.4, -0.2) is 11.5 Å². The van der Waals surface area contributed by atoms with Crippen LogP contribution >= 0.6 is 11.6 Å². The number of halogens is 2. The van der Waals surface area contributed by atoms with E-state index in [1.807, 2.05) is 31.2 Å². The highest BCUT2D eigenvalue weighted by molar-refractivity contribution is 6.31. The van der Waals surface area contributed by atoms with Crippen molar-refractivity contribution in [1.29, 1.82) is 0 Å². The van der Waals surface area contributed by atoms with Gasteiger partial charge in [0.2, 0.25) is 0 Å². The van der Waals surface area contributed by atoms with Gasteiger partial charge < -0.3 is 5.32 Å². The summed E-state index contributed by atoms with van der Waals surface area (Å²) in [6, 6.07) is 10.5. The predicted molar refractivity (Wildman–Crippen MR) is 75.8 cm³/mol. The molecule has 1 aromatic carbocycles. The molecule has 1 unspecified atom stereocenters. The van der Waals surface area contributed by atoms with E-state index in [1.54, 1.807) is 12.3 Å². The molecule has 0 radical (unpaired) electrons. The summed E-state index contributed by atoms with van der Waals surface area (Å²) in [6.45, 7) is 2.73. The van der Waals surface area contributed by atoms with Gasteiger partial charge in [-0.1, -0.05) is 36.7 Å². The van der Waals surface area contributed by atoms with Crippen LogP contribution in [0.25, 0.3) is 0 Å². The van der Waals surface area contributed by atoms with E-state index in [4.69, 9.17) is 11.6 Å². The fraction of sp³-hybridized carbons (Fsp3) is 0.267. The molecule has 2 nitrogen and oxygen atoms in total. The number of nitrogens with zero attached hydrogens (tertiary/aromatic N) is 1. The summed E-state index contributed by atoms with van der Waals surface area (Å²) in [5, 5.41) is 3.95. The van der Waals surface area contributed by atoms with E-state index in [0.29, 0.717) is 17.1 Å². The van der Waals surface area contributed by atoms with Gasteiger partial charge in [-0.2, -0.15) is 0 Å². The maximum Gasteiger partial charge on any atom is 0.146 e. The Morgan fingerprint density at radius 3 is 2.74 bits per heavy atom. The van der Waals surface area contributed by atoms with Gasteiger partial charge in [0, 0.05) is 11.2 Å². The molecule has 2 rings (SSSR count). The summed E-state index contributed by atoms with van der Waals surface area (Å²) in [6.07, 6.45) is 2.22. The Bertz CT molecular complexity index is 545. The van der Waals surface area contributed by atoms with E-state index in [9.17, 15) is 4.39 Å². The van der Waals surface area contributed by atoms with E-state index < -0.39 is 0 Å². The van der Waals surface area contributed by atoms with Crippen molar-refractivity contribution >= 4 is 11.6 Å². The van der Waals surface area contributed by atoms with Crippen LogP contribution in [0.15, 0.2) is 42.6 Å². The third-order valence-electron chi connectivity index (χ3n) is 2.95. The first-order chi connectivity index (χ1) is 9.22. The lowest BCUT2D eigenvalue weighted by molar-refractivity contribution is 0.494. The molecule has 1 N–H and O–H groups in total. The van der Waals surface area contributed by atoms with Gasteiger partial charge in [-0.15, -0.1) is 0 Å². The standard InChI is InChI=1S/C15H16ClFN2/c1-2-18-14(15-13(17)8-5-9-19-15)10-11-6-3-4-7-12(11)16/h3-9,14,18H,2,10H2,1H3. The number of hydrogen-bond acceptors (Lipinski definition) is 2. The average Bonchev–Trinajstić information content (AvgIpc) is 2.41. The second kappa shape index (κ2) is 6.64. The second-order valence-corrected chi connectivity index (χ2v) is 4.68. The van der Waals surface area contributed by atoms with Crippen molar-refractivity contribution in [1.82, 2.24) is 10.3 Å². The number of rotatable bonds is 5. The van der Waals surface area contributed by atoms with Crippen molar-refractivity contribution in [2.45, 2.75) is 19.4 Å². The van der Waals surface area contributed by atoms with Gasteiger partial charge >= 0.3 is 0 Å². The molecule has 1 atom stereocenters. The third-order valence-corrected chi connectivity index (χ3v) is 3.32. The Labute approximate surface area is 117 Å². The van der Waals surface area contributed by atoms with E-state index in [1.165, 1.54) is 6.07 Å². The highest BCUT2D eigenvalue weighted by atomic mass is 35.5. The summed E-state index contributed by atoms with van der Waals surface area (Å²) in [5.74, 6) is -0.291. The molecule has 0 aliphatic heterocycles. The number of nitrogens with one attached hydrogen (secondary N) is 1. The minimum absolute atomic E-state index is 0.175.